The molecule has 0 aliphatic rings. The van der Waals surface area contributed by atoms with Gasteiger partial charge in [0.05, 0.1) is 13.7 Å². The average molecular weight is 183 g/mol. The van der Waals surface area contributed by atoms with Crippen LogP contribution in [-0.2, 0) is 0 Å². The molecule has 0 unspecified atom stereocenters. The van der Waals surface area contributed by atoms with Crippen LogP contribution in [-0.4, -0.2) is 25.4 Å². The fourth-order valence-corrected chi connectivity index (χ4v) is 0.962. The van der Waals surface area contributed by atoms with Crippen molar-refractivity contribution in [2.75, 3.05) is 26.1 Å². The fraction of sp³-hybridized carbons (Fsp3) is 0.333. The van der Waals surface area contributed by atoms with Crippen LogP contribution in [0.3, 0.4) is 0 Å². The van der Waals surface area contributed by atoms with Gasteiger partial charge in [0.15, 0.2) is 11.5 Å². The maximum atomic E-state index is 8.56. The SMILES string of the molecule is COc1ccc(N)cc1OCCO. The highest BCUT2D eigenvalue weighted by Gasteiger charge is 2.03. The van der Waals surface area contributed by atoms with E-state index in [4.69, 9.17) is 20.3 Å². The molecule has 72 valence electrons. The predicted octanol–water partition coefficient (Wildman–Crippen LogP) is 0.649. The van der Waals surface area contributed by atoms with Gasteiger partial charge in [0.25, 0.3) is 0 Å². The molecule has 4 nitrogen and oxygen atoms in total. The van der Waals surface area contributed by atoms with Gasteiger partial charge in [-0.05, 0) is 12.1 Å². The summed E-state index contributed by atoms with van der Waals surface area (Å²) >= 11 is 0. The first kappa shape index (κ1) is 9.67. The van der Waals surface area contributed by atoms with Crippen molar-refractivity contribution in [3.63, 3.8) is 0 Å². The van der Waals surface area contributed by atoms with Gasteiger partial charge in [-0.25, -0.2) is 0 Å². The summed E-state index contributed by atoms with van der Waals surface area (Å²) in [7, 11) is 1.55. The molecule has 0 spiro atoms. The minimum atomic E-state index is -0.0298. The zero-order valence-electron chi connectivity index (χ0n) is 7.49. The molecule has 0 bridgehead atoms. The van der Waals surface area contributed by atoms with Crippen molar-refractivity contribution >= 4 is 5.69 Å². The van der Waals surface area contributed by atoms with E-state index in [9.17, 15) is 0 Å². The normalized spacial score (nSPS) is 9.69. The zero-order chi connectivity index (χ0) is 9.68. The van der Waals surface area contributed by atoms with Crippen molar-refractivity contribution in [3.8, 4) is 11.5 Å². The number of aliphatic hydroxyl groups is 1. The Morgan fingerprint density at radius 2 is 2.15 bits per heavy atom. The Hall–Kier alpha value is -1.42. The Labute approximate surface area is 76.9 Å². The van der Waals surface area contributed by atoms with E-state index in [-0.39, 0.29) is 13.2 Å². The summed E-state index contributed by atoms with van der Waals surface area (Å²) in [6, 6.07) is 5.11. The van der Waals surface area contributed by atoms with Crippen LogP contribution >= 0.6 is 0 Å². The molecule has 0 heterocycles. The van der Waals surface area contributed by atoms with Gasteiger partial charge < -0.3 is 20.3 Å². The fourth-order valence-electron chi connectivity index (χ4n) is 0.962. The summed E-state index contributed by atoms with van der Waals surface area (Å²) in [4.78, 5) is 0. The van der Waals surface area contributed by atoms with Gasteiger partial charge in [0, 0.05) is 11.8 Å². The van der Waals surface area contributed by atoms with Crippen molar-refractivity contribution in [2.24, 2.45) is 0 Å². The molecule has 0 aliphatic heterocycles. The highest BCUT2D eigenvalue weighted by Crippen LogP contribution is 2.28. The number of methoxy groups -OCH3 is 1. The first-order chi connectivity index (χ1) is 6.27. The summed E-state index contributed by atoms with van der Waals surface area (Å²) < 4.78 is 10.2. The molecule has 0 saturated carbocycles. The van der Waals surface area contributed by atoms with Gasteiger partial charge >= 0.3 is 0 Å². The third-order valence-electron chi connectivity index (χ3n) is 1.54. The van der Waals surface area contributed by atoms with E-state index < -0.39 is 0 Å². The summed E-state index contributed by atoms with van der Waals surface area (Å²) in [5.41, 5.74) is 6.16. The van der Waals surface area contributed by atoms with Crippen molar-refractivity contribution in [1.82, 2.24) is 0 Å². The van der Waals surface area contributed by atoms with E-state index in [1.807, 2.05) is 0 Å². The lowest BCUT2D eigenvalue weighted by atomic mass is 10.3. The van der Waals surface area contributed by atoms with E-state index >= 15 is 0 Å². The maximum absolute atomic E-state index is 8.56. The second-order valence-corrected chi connectivity index (χ2v) is 2.48. The smallest absolute Gasteiger partial charge is 0.163 e. The van der Waals surface area contributed by atoms with E-state index in [2.05, 4.69) is 0 Å². The Morgan fingerprint density at radius 3 is 2.77 bits per heavy atom. The first-order valence-corrected chi connectivity index (χ1v) is 3.95. The van der Waals surface area contributed by atoms with E-state index in [1.165, 1.54) is 0 Å². The van der Waals surface area contributed by atoms with Crippen molar-refractivity contribution < 1.29 is 14.6 Å². The Balaban J connectivity index is 2.81. The van der Waals surface area contributed by atoms with Crippen LogP contribution in [0.2, 0.25) is 0 Å². The Morgan fingerprint density at radius 1 is 1.38 bits per heavy atom. The number of ether oxygens (including phenoxy) is 2. The molecular formula is C9H13NO3. The van der Waals surface area contributed by atoms with E-state index in [1.54, 1.807) is 25.3 Å². The van der Waals surface area contributed by atoms with Gasteiger partial charge in [0.2, 0.25) is 0 Å². The number of benzene rings is 1. The number of rotatable bonds is 4. The Kier molecular flexibility index (Phi) is 3.40. The van der Waals surface area contributed by atoms with Crippen LogP contribution in [0.5, 0.6) is 11.5 Å². The molecule has 4 heteroatoms. The van der Waals surface area contributed by atoms with Crippen LogP contribution in [0.25, 0.3) is 0 Å². The molecule has 0 aromatic heterocycles. The minimum absolute atomic E-state index is 0.0298. The molecular weight excluding hydrogens is 170 g/mol. The molecule has 1 rings (SSSR count). The molecule has 0 radical (unpaired) electrons. The van der Waals surface area contributed by atoms with Gasteiger partial charge in [-0.3, -0.25) is 0 Å². The monoisotopic (exact) mass is 183 g/mol. The molecule has 13 heavy (non-hydrogen) atoms. The number of hydrogen-bond donors (Lipinski definition) is 2. The Bertz CT molecular complexity index is 276. The lowest BCUT2D eigenvalue weighted by Crippen LogP contribution is -2.03. The number of aliphatic hydroxyl groups excluding tert-OH is 1. The second kappa shape index (κ2) is 4.57. The van der Waals surface area contributed by atoms with Crippen LogP contribution in [0.4, 0.5) is 5.69 Å². The molecule has 0 aliphatic carbocycles. The average Bonchev–Trinajstić information content (AvgIpc) is 2.15. The van der Waals surface area contributed by atoms with Crippen LogP contribution in [0.1, 0.15) is 0 Å². The molecule has 0 fully saturated rings. The predicted molar refractivity (Wildman–Crippen MR) is 50.0 cm³/mol. The maximum Gasteiger partial charge on any atom is 0.163 e. The highest BCUT2D eigenvalue weighted by molar-refractivity contribution is 5.51. The van der Waals surface area contributed by atoms with E-state index in [0.717, 1.165) is 0 Å². The van der Waals surface area contributed by atoms with E-state index in [0.29, 0.717) is 17.2 Å². The highest BCUT2D eigenvalue weighted by atomic mass is 16.5. The van der Waals surface area contributed by atoms with Gasteiger partial charge in [-0.2, -0.15) is 0 Å². The number of nitrogens with two attached hydrogens (primary N) is 1. The summed E-state index contributed by atoms with van der Waals surface area (Å²) in [5.74, 6) is 1.17. The lowest BCUT2D eigenvalue weighted by Gasteiger charge is -2.09. The standard InChI is InChI=1S/C9H13NO3/c1-12-8-3-2-7(10)6-9(8)13-5-4-11/h2-3,6,11H,4-5,10H2,1H3. The van der Waals surface area contributed by atoms with Crippen LogP contribution < -0.4 is 15.2 Å². The first-order valence-electron chi connectivity index (χ1n) is 3.95. The minimum Gasteiger partial charge on any atom is -0.493 e. The second-order valence-electron chi connectivity index (χ2n) is 2.48. The van der Waals surface area contributed by atoms with Gasteiger partial charge in [-0.1, -0.05) is 0 Å². The summed E-state index contributed by atoms with van der Waals surface area (Å²) in [5, 5.41) is 8.56. The van der Waals surface area contributed by atoms with Crippen molar-refractivity contribution in [3.05, 3.63) is 18.2 Å². The van der Waals surface area contributed by atoms with Crippen molar-refractivity contribution in [1.29, 1.82) is 0 Å². The molecule has 0 amide bonds. The lowest BCUT2D eigenvalue weighted by molar-refractivity contribution is 0.196. The van der Waals surface area contributed by atoms with Crippen molar-refractivity contribution in [2.45, 2.75) is 0 Å². The molecule has 1 aromatic carbocycles. The molecule has 3 N–H and O–H groups in total. The van der Waals surface area contributed by atoms with Gasteiger partial charge in [0.1, 0.15) is 6.61 Å². The third-order valence-corrected chi connectivity index (χ3v) is 1.54. The molecule has 0 saturated heterocycles. The number of anilines is 1. The molecule has 0 atom stereocenters. The van der Waals surface area contributed by atoms with Crippen LogP contribution in [0.15, 0.2) is 18.2 Å². The van der Waals surface area contributed by atoms with Crippen LogP contribution in [0, 0.1) is 0 Å². The largest absolute Gasteiger partial charge is 0.493 e. The summed E-state index contributed by atoms with van der Waals surface area (Å²) in [6.07, 6.45) is 0. The number of nitrogen functional groups attached to an aromatic ring is 1. The summed E-state index contributed by atoms with van der Waals surface area (Å²) in [6.45, 7) is 0.206. The quantitative estimate of drug-likeness (QED) is 0.672. The zero-order valence-corrected chi connectivity index (χ0v) is 7.49. The third kappa shape index (κ3) is 2.52. The number of hydrogen-bond acceptors (Lipinski definition) is 4. The van der Waals surface area contributed by atoms with Gasteiger partial charge in [-0.15, -0.1) is 0 Å². The topological polar surface area (TPSA) is 64.7 Å². The molecule has 1 aromatic rings.